The molecular weight excluding hydrogens is 296 g/mol. The van der Waals surface area contributed by atoms with E-state index in [2.05, 4.69) is 15.4 Å². The molecule has 0 radical (unpaired) electrons. The molecule has 0 spiro atoms. The normalized spacial score (nSPS) is 10.5. The van der Waals surface area contributed by atoms with Crippen LogP contribution in [0.3, 0.4) is 0 Å². The lowest BCUT2D eigenvalue weighted by Gasteiger charge is -2.06. The van der Waals surface area contributed by atoms with Crippen LogP contribution >= 0.6 is 0 Å². The molecule has 2 aromatic carbocycles. The number of aromatic hydroxyl groups is 1. The minimum Gasteiger partial charge on any atom is -0.506 e. The Bertz CT molecular complexity index is 913. The smallest absolute Gasteiger partial charge is 0.348 e. The van der Waals surface area contributed by atoms with E-state index in [9.17, 15) is 14.7 Å². The second kappa shape index (κ2) is 5.80. The Labute approximate surface area is 131 Å². The number of hydrogen-bond acceptors (Lipinski definition) is 4. The van der Waals surface area contributed by atoms with Crippen LogP contribution in [-0.2, 0) is 0 Å². The molecule has 0 saturated carbocycles. The highest BCUT2D eigenvalue weighted by atomic mass is 16.3. The highest BCUT2D eigenvalue weighted by molar-refractivity contribution is 6.02. The summed E-state index contributed by atoms with van der Waals surface area (Å²) in [6.45, 7) is 1.83. The molecule has 3 N–H and O–H groups in total. The highest BCUT2D eigenvalue weighted by Gasteiger charge is 2.15. The average Bonchev–Trinajstić information content (AvgIpc) is 2.94. The molecule has 116 valence electrons. The predicted octanol–water partition coefficient (Wildman–Crippen LogP) is 1.83. The van der Waals surface area contributed by atoms with E-state index in [0.29, 0.717) is 5.69 Å². The Kier molecular flexibility index (Phi) is 3.68. The molecule has 1 aromatic heterocycles. The monoisotopic (exact) mass is 310 g/mol. The van der Waals surface area contributed by atoms with Crippen molar-refractivity contribution in [3.8, 4) is 11.4 Å². The Morgan fingerprint density at radius 1 is 1.22 bits per heavy atom. The zero-order chi connectivity index (χ0) is 16.4. The molecule has 23 heavy (non-hydrogen) atoms. The standard InChI is InChI=1S/C16H14N4O3/c1-10-7-8-13(21)12(9-10)17-15(22)14-18-16(23)20(19-14)11-5-3-2-4-6-11/h2-9,21H,1H3,(H,17,22)(H,18,19,23). The van der Waals surface area contributed by atoms with Crippen molar-refractivity contribution >= 4 is 11.6 Å². The van der Waals surface area contributed by atoms with E-state index in [0.717, 1.165) is 10.2 Å². The molecule has 7 heteroatoms. The summed E-state index contributed by atoms with van der Waals surface area (Å²) in [6.07, 6.45) is 0. The van der Waals surface area contributed by atoms with Crippen molar-refractivity contribution in [2.24, 2.45) is 0 Å². The second-order valence-corrected chi connectivity index (χ2v) is 5.00. The van der Waals surface area contributed by atoms with Crippen molar-refractivity contribution in [1.82, 2.24) is 14.8 Å². The summed E-state index contributed by atoms with van der Waals surface area (Å²) in [7, 11) is 0. The number of amides is 1. The summed E-state index contributed by atoms with van der Waals surface area (Å²) in [4.78, 5) is 26.5. The van der Waals surface area contributed by atoms with Gasteiger partial charge in [-0.2, -0.15) is 4.68 Å². The predicted molar refractivity (Wildman–Crippen MR) is 85.0 cm³/mol. The molecule has 0 fully saturated rings. The van der Waals surface area contributed by atoms with Crippen molar-refractivity contribution in [3.63, 3.8) is 0 Å². The van der Waals surface area contributed by atoms with Crippen molar-refractivity contribution < 1.29 is 9.90 Å². The number of H-pyrrole nitrogens is 1. The number of anilines is 1. The van der Waals surface area contributed by atoms with Gasteiger partial charge in [0.15, 0.2) is 0 Å². The Hall–Kier alpha value is -3.35. The quantitative estimate of drug-likeness (QED) is 0.642. The van der Waals surface area contributed by atoms with E-state index in [-0.39, 0.29) is 17.3 Å². The summed E-state index contributed by atoms with van der Waals surface area (Å²) in [5.41, 5.74) is 1.16. The first-order valence-corrected chi connectivity index (χ1v) is 6.90. The lowest BCUT2D eigenvalue weighted by Crippen LogP contribution is -2.15. The lowest BCUT2D eigenvalue weighted by molar-refractivity contribution is 0.101. The summed E-state index contributed by atoms with van der Waals surface area (Å²) < 4.78 is 1.10. The van der Waals surface area contributed by atoms with Crippen molar-refractivity contribution in [2.45, 2.75) is 6.92 Å². The number of carbonyl (C=O) groups excluding carboxylic acids is 1. The van der Waals surface area contributed by atoms with Gasteiger partial charge in [-0.15, -0.1) is 5.10 Å². The molecule has 0 saturated heterocycles. The Morgan fingerprint density at radius 2 is 1.96 bits per heavy atom. The van der Waals surface area contributed by atoms with Gasteiger partial charge in [-0.25, -0.2) is 4.79 Å². The number of hydrogen-bond donors (Lipinski definition) is 3. The van der Waals surface area contributed by atoms with Crippen LogP contribution in [0, 0.1) is 6.92 Å². The topological polar surface area (TPSA) is 100 Å². The van der Waals surface area contributed by atoms with Gasteiger partial charge in [-0.05, 0) is 36.8 Å². The zero-order valence-electron chi connectivity index (χ0n) is 12.3. The molecule has 0 atom stereocenters. The fourth-order valence-electron chi connectivity index (χ4n) is 2.10. The molecule has 0 unspecified atom stereocenters. The Balaban J connectivity index is 1.89. The van der Waals surface area contributed by atoms with Gasteiger partial charge in [-0.1, -0.05) is 24.3 Å². The number of phenolic OH excluding ortho intramolecular Hbond substituents is 1. The zero-order valence-corrected chi connectivity index (χ0v) is 12.3. The largest absolute Gasteiger partial charge is 0.506 e. The molecule has 1 amide bonds. The number of phenols is 1. The molecule has 3 rings (SSSR count). The molecule has 0 aliphatic carbocycles. The number of rotatable bonds is 3. The van der Waals surface area contributed by atoms with Gasteiger partial charge in [0.05, 0.1) is 11.4 Å². The maximum atomic E-state index is 12.2. The molecule has 3 aromatic rings. The third kappa shape index (κ3) is 2.98. The number of aromatic amines is 1. The molecule has 0 aliphatic heterocycles. The average molecular weight is 310 g/mol. The first-order valence-electron chi connectivity index (χ1n) is 6.90. The van der Waals surface area contributed by atoms with Gasteiger partial charge in [0.25, 0.3) is 5.91 Å². The molecule has 7 nitrogen and oxygen atoms in total. The van der Waals surface area contributed by atoms with E-state index in [4.69, 9.17) is 0 Å². The minimum atomic E-state index is -0.613. The summed E-state index contributed by atoms with van der Waals surface area (Å²) >= 11 is 0. The highest BCUT2D eigenvalue weighted by Crippen LogP contribution is 2.24. The summed E-state index contributed by atoms with van der Waals surface area (Å²) in [6, 6.07) is 13.6. The minimum absolute atomic E-state index is 0.0613. The van der Waals surface area contributed by atoms with Crippen LogP contribution in [0.15, 0.2) is 53.3 Å². The number of para-hydroxylation sites is 1. The van der Waals surface area contributed by atoms with Crippen molar-refractivity contribution in [3.05, 3.63) is 70.4 Å². The summed E-state index contributed by atoms with van der Waals surface area (Å²) in [5, 5.41) is 16.3. The van der Waals surface area contributed by atoms with Crippen molar-refractivity contribution in [1.29, 1.82) is 0 Å². The molecule has 0 bridgehead atoms. The number of nitrogens with one attached hydrogen (secondary N) is 2. The van der Waals surface area contributed by atoms with Gasteiger partial charge in [0.2, 0.25) is 5.82 Å². The van der Waals surface area contributed by atoms with Gasteiger partial charge >= 0.3 is 5.69 Å². The maximum absolute atomic E-state index is 12.2. The summed E-state index contributed by atoms with van der Waals surface area (Å²) in [5.74, 6) is -0.814. The van der Waals surface area contributed by atoms with Crippen LogP contribution in [0.1, 0.15) is 16.2 Å². The van der Waals surface area contributed by atoms with E-state index >= 15 is 0 Å². The van der Waals surface area contributed by atoms with Crippen LogP contribution in [0.2, 0.25) is 0 Å². The fraction of sp³-hybridized carbons (Fsp3) is 0.0625. The van der Waals surface area contributed by atoms with E-state index in [1.165, 1.54) is 6.07 Å². The molecule has 1 heterocycles. The van der Waals surface area contributed by atoms with E-state index in [1.54, 1.807) is 36.4 Å². The van der Waals surface area contributed by atoms with E-state index < -0.39 is 11.6 Å². The van der Waals surface area contributed by atoms with Gasteiger partial charge < -0.3 is 10.4 Å². The maximum Gasteiger partial charge on any atom is 0.348 e. The van der Waals surface area contributed by atoms with Crippen LogP contribution in [0.25, 0.3) is 5.69 Å². The number of aryl methyl sites for hydroxylation is 1. The van der Waals surface area contributed by atoms with E-state index in [1.807, 2.05) is 13.0 Å². The van der Waals surface area contributed by atoms with Crippen LogP contribution in [0.5, 0.6) is 5.75 Å². The first-order chi connectivity index (χ1) is 11.0. The first kappa shape index (κ1) is 14.6. The number of benzene rings is 2. The third-order valence-corrected chi connectivity index (χ3v) is 3.23. The number of carbonyl (C=O) groups is 1. The molecular formula is C16H14N4O3. The van der Waals surface area contributed by atoms with Crippen LogP contribution in [-0.4, -0.2) is 25.8 Å². The Morgan fingerprint density at radius 3 is 2.70 bits per heavy atom. The second-order valence-electron chi connectivity index (χ2n) is 5.00. The van der Waals surface area contributed by atoms with Gasteiger partial charge in [0, 0.05) is 0 Å². The van der Waals surface area contributed by atoms with Gasteiger partial charge in [0.1, 0.15) is 5.75 Å². The molecule has 0 aliphatic rings. The van der Waals surface area contributed by atoms with Crippen molar-refractivity contribution in [2.75, 3.05) is 5.32 Å². The third-order valence-electron chi connectivity index (χ3n) is 3.23. The lowest BCUT2D eigenvalue weighted by atomic mass is 10.2. The number of aromatic nitrogens is 3. The SMILES string of the molecule is Cc1ccc(O)c(NC(=O)c2nn(-c3ccccc3)c(=O)[nH]2)c1. The van der Waals surface area contributed by atoms with Gasteiger partial charge in [-0.3, -0.25) is 9.78 Å². The van der Waals surface area contributed by atoms with Crippen LogP contribution in [0.4, 0.5) is 5.69 Å². The number of nitrogens with zero attached hydrogens (tertiary/aromatic N) is 2. The van der Waals surface area contributed by atoms with Crippen LogP contribution < -0.4 is 11.0 Å². The fourth-order valence-corrected chi connectivity index (χ4v) is 2.10.